The maximum Gasteiger partial charge on any atom is 0.317 e. The number of thiophene rings is 1. The summed E-state index contributed by atoms with van der Waals surface area (Å²) in [6.07, 6.45) is 4.01. The molecular formula is C19H25N3O3S2. The number of ether oxygens (including phenoxy) is 1. The molecule has 0 saturated heterocycles. The number of hydrogen-bond acceptors (Lipinski definition) is 7. The molecule has 1 aliphatic carbocycles. The van der Waals surface area contributed by atoms with Crippen molar-refractivity contribution >= 4 is 45.2 Å². The van der Waals surface area contributed by atoms with E-state index in [0.717, 1.165) is 28.1 Å². The Balaban J connectivity index is 1.48. The number of carbonyl (C=O) groups is 2. The van der Waals surface area contributed by atoms with Gasteiger partial charge < -0.3 is 10.1 Å². The summed E-state index contributed by atoms with van der Waals surface area (Å²) in [6.45, 7) is 6.02. The van der Waals surface area contributed by atoms with E-state index in [1.54, 1.807) is 6.92 Å². The lowest BCUT2D eigenvalue weighted by Gasteiger charge is -2.35. The summed E-state index contributed by atoms with van der Waals surface area (Å²) < 4.78 is 5.32. The Morgan fingerprint density at radius 1 is 1.37 bits per heavy atom. The van der Waals surface area contributed by atoms with Crippen LogP contribution in [0.4, 0.5) is 0 Å². The predicted molar refractivity (Wildman–Crippen MR) is 108 cm³/mol. The summed E-state index contributed by atoms with van der Waals surface area (Å²) in [6, 6.07) is 2.10. The van der Waals surface area contributed by atoms with E-state index in [2.05, 4.69) is 29.1 Å². The van der Waals surface area contributed by atoms with Gasteiger partial charge in [0.2, 0.25) is 0 Å². The molecule has 8 heteroatoms. The van der Waals surface area contributed by atoms with Crippen molar-refractivity contribution < 1.29 is 14.3 Å². The van der Waals surface area contributed by atoms with Crippen LogP contribution in [0.5, 0.6) is 0 Å². The zero-order chi connectivity index (χ0) is 19.4. The van der Waals surface area contributed by atoms with Gasteiger partial charge in [0.25, 0.3) is 5.91 Å². The van der Waals surface area contributed by atoms with Crippen molar-refractivity contribution in [2.24, 2.45) is 11.8 Å². The quantitative estimate of drug-likeness (QED) is 0.447. The number of amides is 1. The van der Waals surface area contributed by atoms with E-state index in [-0.39, 0.29) is 17.7 Å². The van der Waals surface area contributed by atoms with Crippen LogP contribution in [0.25, 0.3) is 10.2 Å². The highest BCUT2D eigenvalue weighted by molar-refractivity contribution is 8.00. The van der Waals surface area contributed by atoms with Gasteiger partial charge in [-0.25, -0.2) is 9.97 Å². The molecular weight excluding hydrogens is 382 g/mol. The Morgan fingerprint density at radius 2 is 2.19 bits per heavy atom. The largest absolute Gasteiger partial charge is 0.452 e. The van der Waals surface area contributed by atoms with E-state index in [9.17, 15) is 9.59 Å². The van der Waals surface area contributed by atoms with Crippen LogP contribution in [-0.2, 0) is 14.3 Å². The fourth-order valence-electron chi connectivity index (χ4n) is 3.38. The number of aromatic nitrogens is 2. The summed E-state index contributed by atoms with van der Waals surface area (Å²) >= 11 is 2.84. The molecule has 1 fully saturated rings. The first-order valence-corrected chi connectivity index (χ1v) is 11.1. The van der Waals surface area contributed by atoms with Crippen LogP contribution in [-0.4, -0.2) is 39.7 Å². The van der Waals surface area contributed by atoms with Crippen LogP contribution >= 0.6 is 23.1 Å². The number of carbonyl (C=O) groups excluding carboxylic acids is 2. The Bertz CT molecular complexity index is 810. The number of thioether (sulfide) groups is 1. The summed E-state index contributed by atoms with van der Waals surface area (Å²) in [4.78, 5) is 33.9. The van der Waals surface area contributed by atoms with Crippen LogP contribution in [0, 0.1) is 11.8 Å². The second-order valence-corrected chi connectivity index (χ2v) is 8.98. The van der Waals surface area contributed by atoms with Crippen LogP contribution in [0.3, 0.4) is 0 Å². The SMILES string of the molecule is C[C@@H]1[C@H](C)CCC[C@@H]1NC(=O)[C@@H](C)OC(=O)CSc1ncnc2sccc12. The van der Waals surface area contributed by atoms with Gasteiger partial charge in [0.15, 0.2) is 6.10 Å². The molecule has 4 atom stereocenters. The minimum atomic E-state index is -0.797. The topological polar surface area (TPSA) is 81.2 Å². The molecule has 0 bridgehead atoms. The summed E-state index contributed by atoms with van der Waals surface area (Å²) in [5.74, 6) is 0.500. The van der Waals surface area contributed by atoms with Gasteiger partial charge in [-0.1, -0.05) is 38.5 Å². The second-order valence-electron chi connectivity index (χ2n) is 7.12. The first kappa shape index (κ1) is 20.1. The Labute approximate surface area is 167 Å². The molecule has 146 valence electrons. The average molecular weight is 408 g/mol. The number of esters is 1. The minimum Gasteiger partial charge on any atom is -0.452 e. The molecule has 0 aromatic carbocycles. The molecule has 6 nitrogen and oxygen atoms in total. The molecule has 2 aromatic rings. The average Bonchev–Trinajstić information content (AvgIpc) is 3.13. The van der Waals surface area contributed by atoms with Gasteiger partial charge in [0.1, 0.15) is 16.2 Å². The normalized spacial score (nSPS) is 23.7. The first-order chi connectivity index (χ1) is 13.0. The van der Waals surface area contributed by atoms with Gasteiger partial charge in [-0.3, -0.25) is 9.59 Å². The van der Waals surface area contributed by atoms with Crippen molar-refractivity contribution in [1.29, 1.82) is 0 Å². The standard InChI is InChI=1S/C19H25N3O3S2/c1-11-5-4-6-15(12(11)2)22-17(24)13(3)25-16(23)9-27-19-14-7-8-26-18(14)20-10-21-19/h7-8,10-13,15H,4-6,9H2,1-3H3,(H,22,24)/t11-,12-,13-,15+/m1/s1. The molecule has 27 heavy (non-hydrogen) atoms. The Morgan fingerprint density at radius 3 is 3.00 bits per heavy atom. The molecule has 3 rings (SSSR count). The Kier molecular flexibility index (Phi) is 6.70. The van der Waals surface area contributed by atoms with Crippen molar-refractivity contribution in [3.63, 3.8) is 0 Å². The van der Waals surface area contributed by atoms with Crippen molar-refractivity contribution in [3.8, 4) is 0 Å². The Hall–Kier alpha value is -1.67. The lowest BCUT2D eigenvalue weighted by molar-refractivity contribution is -0.152. The number of hydrogen-bond donors (Lipinski definition) is 1. The zero-order valence-corrected chi connectivity index (χ0v) is 17.4. The number of fused-ring (bicyclic) bond motifs is 1. The molecule has 2 aromatic heterocycles. The van der Waals surface area contributed by atoms with Gasteiger partial charge in [-0.05, 0) is 36.6 Å². The van der Waals surface area contributed by atoms with E-state index in [0.29, 0.717) is 11.8 Å². The minimum absolute atomic E-state index is 0.108. The van der Waals surface area contributed by atoms with Gasteiger partial charge in [-0.2, -0.15) is 0 Å². The zero-order valence-electron chi connectivity index (χ0n) is 15.8. The van der Waals surface area contributed by atoms with Gasteiger partial charge in [0.05, 0.1) is 5.75 Å². The molecule has 1 amide bonds. The highest BCUT2D eigenvalue weighted by Crippen LogP contribution is 2.30. The highest BCUT2D eigenvalue weighted by atomic mass is 32.2. The third-order valence-corrected chi connectivity index (χ3v) is 7.06. The second kappa shape index (κ2) is 9.01. The highest BCUT2D eigenvalue weighted by Gasteiger charge is 2.30. The maximum absolute atomic E-state index is 12.4. The monoisotopic (exact) mass is 407 g/mol. The molecule has 1 aliphatic rings. The summed E-state index contributed by atoms with van der Waals surface area (Å²) in [5, 5.41) is 6.69. The van der Waals surface area contributed by atoms with E-state index in [4.69, 9.17) is 4.74 Å². The molecule has 1 saturated carbocycles. The fraction of sp³-hybridized carbons (Fsp3) is 0.579. The van der Waals surface area contributed by atoms with Crippen LogP contribution in [0.15, 0.2) is 22.8 Å². The molecule has 0 unspecified atom stereocenters. The molecule has 0 radical (unpaired) electrons. The predicted octanol–water partition coefficient (Wildman–Crippen LogP) is 3.66. The number of rotatable bonds is 6. The smallest absolute Gasteiger partial charge is 0.317 e. The first-order valence-electron chi connectivity index (χ1n) is 9.26. The third-order valence-electron chi connectivity index (χ3n) is 5.26. The molecule has 2 heterocycles. The lowest BCUT2D eigenvalue weighted by atomic mass is 9.78. The summed E-state index contributed by atoms with van der Waals surface area (Å²) in [7, 11) is 0. The van der Waals surface area contributed by atoms with Crippen molar-refractivity contribution in [2.45, 2.75) is 57.2 Å². The maximum atomic E-state index is 12.4. The van der Waals surface area contributed by atoms with Gasteiger partial charge >= 0.3 is 5.97 Å². The molecule has 1 N–H and O–H groups in total. The van der Waals surface area contributed by atoms with E-state index >= 15 is 0 Å². The van der Waals surface area contributed by atoms with Crippen LogP contribution < -0.4 is 5.32 Å². The number of nitrogens with zero attached hydrogens (tertiary/aromatic N) is 2. The van der Waals surface area contributed by atoms with E-state index < -0.39 is 12.1 Å². The number of nitrogens with one attached hydrogen (secondary N) is 1. The molecule has 0 aliphatic heterocycles. The molecule has 0 spiro atoms. The van der Waals surface area contributed by atoms with Gasteiger partial charge in [-0.15, -0.1) is 11.3 Å². The van der Waals surface area contributed by atoms with E-state index in [1.165, 1.54) is 35.8 Å². The summed E-state index contributed by atoms with van der Waals surface area (Å²) in [5.41, 5.74) is 0. The van der Waals surface area contributed by atoms with Gasteiger partial charge in [0, 0.05) is 11.4 Å². The third kappa shape index (κ3) is 4.99. The lowest BCUT2D eigenvalue weighted by Crippen LogP contribution is -2.47. The van der Waals surface area contributed by atoms with Crippen molar-refractivity contribution in [1.82, 2.24) is 15.3 Å². The van der Waals surface area contributed by atoms with Crippen LogP contribution in [0.2, 0.25) is 0 Å². The van der Waals surface area contributed by atoms with E-state index in [1.807, 2.05) is 11.4 Å². The fourth-order valence-corrected chi connectivity index (χ4v) is 4.94. The van der Waals surface area contributed by atoms with Crippen molar-refractivity contribution in [3.05, 3.63) is 17.8 Å². The van der Waals surface area contributed by atoms with Crippen LogP contribution in [0.1, 0.15) is 40.0 Å². The van der Waals surface area contributed by atoms with Crippen molar-refractivity contribution in [2.75, 3.05) is 5.75 Å².